The SMILES string of the molecule is O=C(NCC12CC3CC(CC(C3)C1)C2)C(F)(F)S(=O)O. The van der Waals surface area contributed by atoms with E-state index < -0.39 is 22.2 Å². The fourth-order valence-corrected chi connectivity index (χ4v) is 5.19. The molecule has 0 aliphatic heterocycles. The van der Waals surface area contributed by atoms with E-state index in [1.165, 1.54) is 19.3 Å². The molecule has 0 aromatic heterocycles. The molecule has 0 heterocycles. The van der Waals surface area contributed by atoms with Crippen LogP contribution in [0.25, 0.3) is 0 Å². The highest BCUT2D eigenvalue weighted by molar-refractivity contribution is 7.81. The zero-order chi connectivity index (χ0) is 14.5. The number of amides is 1. The molecule has 7 heteroatoms. The van der Waals surface area contributed by atoms with Gasteiger partial charge in [-0.3, -0.25) is 4.79 Å². The van der Waals surface area contributed by atoms with Crippen LogP contribution in [0.1, 0.15) is 38.5 Å². The highest BCUT2D eigenvalue weighted by Crippen LogP contribution is 2.59. The van der Waals surface area contributed by atoms with Gasteiger partial charge >= 0.3 is 11.2 Å². The minimum atomic E-state index is -4.22. The van der Waals surface area contributed by atoms with Gasteiger partial charge in [-0.2, -0.15) is 8.78 Å². The van der Waals surface area contributed by atoms with Gasteiger partial charge in [0.05, 0.1) is 0 Å². The van der Waals surface area contributed by atoms with Crippen LogP contribution >= 0.6 is 0 Å². The van der Waals surface area contributed by atoms with E-state index in [0.717, 1.165) is 19.3 Å². The Morgan fingerprint density at radius 2 is 1.65 bits per heavy atom. The number of rotatable bonds is 4. The summed E-state index contributed by atoms with van der Waals surface area (Å²) in [6.07, 6.45) is 6.70. The van der Waals surface area contributed by atoms with Gasteiger partial charge in [0.1, 0.15) is 0 Å². The molecule has 0 aromatic carbocycles. The first kappa shape index (κ1) is 14.4. The predicted octanol–water partition coefficient (Wildman–Crippen LogP) is 2.13. The lowest BCUT2D eigenvalue weighted by atomic mass is 9.49. The lowest BCUT2D eigenvalue weighted by Crippen LogP contribution is -2.53. The fraction of sp³-hybridized carbons (Fsp3) is 0.923. The zero-order valence-electron chi connectivity index (χ0n) is 11.1. The summed E-state index contributed by atoms with van der Waals surface area (Å²) in [5.74, 6) is 0.385. The molecule has 0 saturated heterocycles. The van der Waals surface area contributed by atoms with Crippen LogP contribution in [0, 0.1) is 23.2 Å². The molecule has 4 nitrogen and oxygen atoms in total. The van der Waals surface area contributed by atoms with Crippen molar-refractivity contribution in [1.29, 1.82) is 0 Å². The van der Waals surface area contributed by atoms with Crippen molar-refractivity contribution in [2.45, 2.75) is 43.8 Å². The van der Waals surface area contributed by atoms with Crippen LogP contribution in [0.3, 0.4) is 0 Å². The molecule has 4 saturated carbocycles. The molecule has 2 N–H and O–H groups in total. The number of alkyl halides is 2. The number of hydrogen-bond donors (Lipinski definition) is 2. The normalized spacial score (nSPS) is 40.6. The lowest BCUT2D eigenvalue weighted by molar-refractivity contribution is -0.137. The fourth-order valence-electron chi connectivity index (χ4n) is 4.96. The summed E-state index contributed by atoms with van der Waals surface area (Å²) in [5, 5.41) is -2.00. The van der Waals surface area contributed by atoms with E-state index >= 15 is 0 Å². The van der Waals surface area contributed by atoms with E-state index in [4.69, 9.17) is 4.55 Å². The van der Waals surface area contributed by atoms with Crippen LogP contribution in [0.5, 0.6) is 0 Å². The van der Waals surface area contributed by atoms with Crippen molar-refractivity contribution in [3.05, 3.63) is 0 Å². The molecule has 0 radical (unpaired) electrons. The third-order valence-corrected chi connectivity index (χ3v) is 5.90. The molecule has 1 atom stereocenters. The summed E-state index contributed by atoms with van der Waals surface area (Å²) in [6.45, 7) is 0.210. The van der Waals surface area contributed by atoms with Gasteiger partial charge in [-0.25, -0.2) is 4.21 Å². The largest absolute Gasteiger partial charge is 0.421 e. The molecular weight excluding hydrogens is 288 g/mol. The quantitative estimate of drug-likeness (QED) is 0.782. The molecular formula is C13H19F2NO3S. The first-order valence-electron chi connectivity index (χ1n) is 7.08. The van der Waals surface area contributed by atoms with E-state index in [1.54, 1.807) is 0 Å². The third kappa shape index (κ3) is 2.39. The molecule has 114 valence electrons. The Morgan fingerprint density at radius 3 is 2.05 bits per heavy atom. The average molecular weight is 307 g/mol. The molecule has 0 aromatic rings. The van der Waals surface area contributed by atoms with E-state index in [2.05, 4.69) is 5.32 Å². The van der Waals surface area contributed by atoms with Crippen LogP contribution in [0.4, 0.5) is 8.78 Å². The maximum absolute atomic E-state index is 13.1. The second kappa shape index (κ2) is 4.73. The molecule has 1 amide bonds. The molecule has 0 spiro atoms. The monoisotopic (exact) mass is 307 g/mol. The molecule has 4 fully saturated rings. The van der Waals surface area contributed by atoms with Crippen molar-refractivity contribution < 1.29 is 22.3 Å². The summed E-state index contributed by atoms with van der Waals surface area (Å²) in [6, 6.07) is 0. The third-order valence-electron chi connectivity index (χ3n) is 5.27. The Labute approximate surface area is 119 Å². The van der Waals surface area contributed by atoms with Crippen LogP contribution < -0.4 is 5.32 Å². The van der Waals surface area contributed by atoms with E-state index in [9.17, 15) is 17.8 Å². The minimum Gasteiger partial charge on any atom is -0.349 e. The van der Waals surface area contributed by atoms with Gasteiger partial charge in [0.25, 0.3) is 0 Å². The Hall–Kier alpha value is -0.560. The summed E-state index contributed by atoms with van der Waals surface area (Å²) < 4.78 is 45.2. The molecule has 4 aliphatic rings. The number of halogens is 2. The van der Waals surface area contributed by atoms with Crippen molar-refractivity contribution in [3.8, 4) is 0 Å². The van der Waals surface area contributed by atoms with Gasteiger partial charge in [-0.1, -0.05) is 0 Å². The predicted molar refractivity (Wildman–Crippen MR) is 69.3 cm³/mol. The lowest BCUT2D eigenvalue weighted by Gasteiger charge is -2.56. The molecule has 4 aliphatic carbocycles. The minimum absolute atomic E-state index is 0.0581. The second-order valence-electron chi connectivity index (χ2n) is 6.87. The topological polar surface area (TPSA) is 66.4 Å². The van der Waals surface area contributed by atoms with Gasteiger partial charge in [-0.05, 0) is 61.7 Å². The van der Waals surface area contributed by atoms with Crippen molar-refractivity contribution in [2.75, 3.05) is 6.54 Å². The van der Waals surface area contributed by atoms with Crippen LogP contribution in [0.15, 0.2) is 0 Å². The smallest absolute Gasteiger partial charge is 0.349 e. The molecule has 4 bridgehead atoms. The summed E-state index contributed by atoms with van der Waals surface area (Å²) in [4.78, 5) is 11.4. The van der Waals surface area contributed by atoms with Crippen molar-refractivity contribution in [3.63, 3.8) is 0 Å². The van der Waals surface area contributed by atoms with Crippen LogP contribution in [-0.2, 0) is 15.9 Å². The zero-order valence-corrected chi connectivity index (χ0v) is 11.9. The first-order valence-corrected chi connectivity index (χ1v) is 8.18. The Bertz CT molecular complexity index is 420. The number of hydrogen-bond acceptors (Lipinski definition) is 2. The molecule has 1 unspecified atom stereocenters. The summed E-state index contributed by atoms with van der Waals surface area (Å²) in [5.41, 5.74) is -0.0581. The Kier molecular flexibility index (Phi) is 3.40. The second-order valence-corrected chi connectivity index (χ2v) is 7.88. The standard InChI is InChI=1S/C13H19F2NO3S/c14-13(15,20(18)19)11(17)16-7-12-4-8-1-9(5-12)3-10(2-8)6-12/h8-10H,1-7H2,(H,16,17)(H,18,19). The highest BCUT2D eigenvalue weighted by Gasteiger charge is 2.52. The maximum atomic E-state index is 13.1. The van der Waals surface area contributed by atoms with E-state index in [1.807, 2.05) is 0 Å². The van der Waals surface area contributed by atoms with Gasteiger partial charge in [-0.15, -0.1) is 0 Å². The highest BCUT2D eigenvalue weighted by atomic mass is 32.2. The number of carbonyl (C=O) groups excluding carboxylic acids is 1. The van der Waals surface area contributed by atoms with Gasteiger partial charge in [0, 0.05) is 6.54 Å². The average Bonchev–Trinajstić information content (AvgIpc) is 2.34. The Morgan fingerprint density at radius 1 is 1.20 bits per heavy atom. The summed E-state index contributed by atoms with van der Waals surface area (Å²) in [7, 11) is 0. The van der Waals surface area contributed by atoms with Crippen molar-refractivity contribution >= 4 is 17.0 Å². The van der Waals surface area contributed by atoms with Crippen molar-refractivity contribution in [1.82, 2.24) is 5.32 Å². The first-order chi connectivity index (χ1) is 9.31. The number of carbonyl (C=O) groups is 1. The van der Waals surface area contributed by atoms with Crippen LogP contribution in [0.2, 0.25) is 0 Å². The maximum Gasteiger partial charge on any atom is 0.421 e. The molecule has 20 heavy (non-hydrogen) atoms. The van der Waals surface area contributed by atoms with E-state index in [-0.39, 0.29) is 12.0 Å². The Balaban J connectivity index is 1.64. The van der Waals surface area contributed by atoms with Gasteiger partial charge in [0.15, 0.2) is 0 Å². The summed E-state index contributed by atoms with van der Waals surface area (Å²) >= 11 is -3.46. The van der Waals surface area contributed by atoms with Gasteiger partial charge in [0.2, 0.25) is 11.1 Å². The number of nitrogens with one attached hydrogen (secondary N) is 1. The van der Waals surface area contributed by atoms with Crippen molar-refractivity contribution in [2.24, 2.45) is 23.2 Å². The van der Waals surface area contributed by atoms with Crippen LogP contribution in [-0.4, -0.2) is 26.5 Å². The molecule has 4 rings (SSSR count). The van der Waals surface area contributed by atoms with Gasteiger partial charge < -0.3 is 9.87 Å². The van der Waals surface area contributed by atoms with E-state index in [0.29, 0.717) is 17.8 Å².